The predicted octanol–water partition coefficient (Wildman–Crippen LogP) is 1.53. The molecule has 0 radical (unpaired) electrons. The standard InChI is InChI=1S/C9H10ClFN2O/c1-13(5-4-10)9(14)8-3-2-7(11)6-12-8/h2-3,6H,4-5H2,1H3. The van der Waals surface area contributed by atoms with Crippen molar-refractivity contribution in [2.24, 2.45) is 0 Å². The highest BCUT2D eigenvalue weighted by molar-refractivity contribution is 6.18. The van der Waals surface area contributed by atoms with Gasteiger partial charge in [0.2, 0.25) is 0 Å². The minimum atomic E-state index is -0.457. The third-order valence-corrected chi connectivity index (χ3v) is 1.88. The van der Waals surface area contributed by atoms with Gasteiger partial charge in [-0.15, -0.1) is 11.6 Å². The number of carbonyl (C=O) groups is 1. The zero-order valence-electron chi connectivity index (χ0n) is 7.70. The molecule has 0 aliphatic heterocycles. The molecular weight excluding hydrogens is 207 g/mol. The van der Waals surface area contributed by atoms with Crippen molar-refractivity contribution >= 4 is 17.5 Å². The van der Waals surface area contributed by atoms with Crippen molar-refractivity contribution in [3.8, 4) is 0 Å². The van der Waals surface area contributed by atoms with Crippen molar-refractivity contribution in [2.45, 2.75) is 0 Å². The Bertz CT molecular complexity index is 315. The SMILES string of the molecule is CN(CCCl)C(=O)c1ccc(F)cn1. The lowest BCUT2D eigenvalue weighted by molar-refractivity contribution is 0.0797. The summed E-state index contributed by atoms with van der Waals surface area (Å²) < 4.78 is 12.5. The fourth-order valence-electron chi connectivity index (χ4n) is 0.926. The second kappa shape index (κ2) is 4.91. The van der Waals surface area contributed by atoms with Gasteiger partial charge in [0.05, 0.1) is 6.20 Å². The highest BCUT2D eigenvalue weighted by atomic mass is 35.5. The van der Waals surface area contributed by atoms with Gasteiger partial charge in [-0.3, -0.25) is 4.79 Å². The van der Waals surface area contributed by atoms with Gasteiger partial charge in [0.15, 0.2) is 0 Å². The first-order valence-corrected chi connectivity index (χ1v) is 4.61. The Labute approximate surface area is 86.5 Å². The molecule has 0 unspecified atom stereocenters. The van der Waals surface area contributed by atoms with Crippen LogP contribution in [0.15, 0.2) is 18.3 Å². The Balaban J connectivity index is 2.74. The van der Waals surface area contributed by atoms with E-state index in [1.54, 1.807) is 7.05 Å². The van der Waals surface area contributed by atoms with Gasteiger partial charge in [-0.1, -0.05) is 0 Å². The molecule has 14 heavy (non-hydrogen) atoms. The number of alkyl halides is 1. The first kappa shape index (κ1) is 10.9. The number of carbonyl (C=O) groups excluding carboxylic acids is 1. The summed E-state index contributed by atoms with van der Waals surface area (Å²) >= 11 is 5.48. The van der Waals surface area contributed by atoms with Crippen molar-refractivity contribution in [1.29, 1.82) is 0 Å². The van der Waals surface area contributed by atoms with Crippen molar-refractivity contribution in [1.82, 2.24) is 9.88 Å². The second-order valence-corrected chi connectivity index (χ2v) is 3.16. The zero-order valence-corrected chi connectivity index (χ0v) is 8.46. The minimum absolute atomic E-state index is 0.221. The average molecular weight is 217 g/mol. The van der Waals surface area contributed by atoms with E-state index in [-0.39, 0.29) is 11.6 Å². The van der Waals surface area contributed by atoms with Crippen LogP contribution in [0.2, 0.25) is 0 Å². The molecule has 76 valence electrons. The predicted molar refractivity (Wildman–Crippen MR) is 51.9 cm³/mol. The Hall–Kier alpha value is -1.16. The highest BCUT2D eigenvalue weighted by Gasteiger charge is 2.11. The molecule has 0 aliphatic rings. The molecule has 0 atom stereocenters. The van der Waals surface area contributed by atoms with E-state index >= 15 is 0 Å². The number of nitrogens with zero attached hydrogens (tertiary/aromatic N) is 2. The summed E-state index contributed by atoms with van der Waals surface area (Å²) in [5.74, 6) is -0.351. The van der Waals surface area contributed by atoms with Gasteiger partial charge < -0.3 is 4.90 Å². The molecule has 0 saturated heterocycles. The van der Waals surface area contributed by atoms with Gasteiger partial charge in [0.1, 0.15) is 11.5 Å². The summed E-state index contributed by atoms with van der Waals surface area (Å²) in [4.78, 5) is 16.6. The molecule has 0 saturated carbocycles. The number of amides is 1. The van der Waals surface area contributed by atoms with Crippen LogP contribution in [0.1, 0.15) is 10.5 Å². The molecule has 5 heteroatoms. The van der Waals surface area contributed by atoms with Gasteiger partial charge in [0, 0.05) is 19.5 Å². The fourth-order valence-corrected chi connectivity index (χ4v) is 1.18. The smallest absolute Gasteiger partial charge is 0.272 e. The third kappa shape index (κ3) is 2.67. The Morgan fingerprint density at radius 3 is 2.86 bits per heavy atom. The fraction of sp³-hybridized carbons (Fsp3) is 0.333. The van der Waals surface area contributed by atoms with E-state index in [1.165, 1.54) is 17.0 Å². The van der Waals surface area contributed by atoms with Crippen LogP contribution in [-0.2, 0) is 0 Å². The Kier molecular flexibility index (Phi) is 3.83. The molecule has 0 aromatic carbocycles. The molecule has 0 aliphatic carbocycles. The summed E-state index contributed by atoms with van der Waals surface area (Å²) in [5.41, 5.74) is 0.221. The maximum absolute atomic E-state index is 12.5. The second-order valence-electron chi connectivity index (χ2n) is 2.78. The number of hydrogen-bond donors (Lipinski definition) is 0. The largest absolute Gasteiger partial charge is 0.339 e. The Morgan fingerprint density at radius 2 is 2.36 bits per heavy atom. The maximum Gasteiger partial charge on any atom is 0.272 e. The molecule has 1 rings (SSSR count). The number of hydrogen-bond acceptors (Lipinski definition) is 2. The van der Waals surface area contributed by atoms with Crippen molar-refractivity contribution in [2.75, 3.05) is 19.5 Å². The van der Waals surface area contributed by atoms with E-state index in [0.29, 0.717) is 12.4 Å². The van der Waals surface area contributed by atoms with E-state index in [0.717, 1.165) is 6.20 Å². The van der Waals surface area contributed by atoms with Crippen molar-refractivity contribution in [3.05, 3.63) is 29.8 Å². The van der Waals surface area contributed by atoms with E-state index in [9.17, 15) is 9.18 Å². The van der Waals surface area contributed by atoms with Crippen LogP contribution in [-0.4, -0.2) is 35.3 Å². The van der Waals surface area contributed by atoms with Gasteiger partial charge in [-0.25, -0.2) is 9.37 Å². The van der Waals surface area contributed by atoms with E-state index in [4.69, 9.17) is 11.6 Å². The first-order valence-electron chi connectivity index (χ1n) is 4.08. The van der Waals surface area contributed by atoms with Gasteiger partial charge in [0.25, 0.3) is 5.91 Å². The van der Waals surface area contributed by atoms with Gasteiger partial charge in [-0.05, 0) is 12.1 Å². The number of halogens is 2. The quantitative estimate of drug-likeness (QED) is 0.718. The topological polar surface area (TPSA) is 33.2 Å². The summed E-state index contributed by atoms with van der Waals surface area (Å²) in [7, 11) is 1.62. The van der Waals surface area contributed by atoms with Crippen LogP contribution in [0.3, 0.4) is 0 Å². The molecule has 0 bridgehead atoms. The molecule has 1 aromatic heterocycles. The Morgan fingerprint density at radius 1 is 1.64 bits per heavy atom. The van der Waals surface area contributed by atoms with Crippen LogP contribution in [0, 0.1) is 5.82 Å². The average Bonchev–Trinajstić information content (AvgIpc) is 2.18. The zero-order chi connectivity index (χ0) is 10.6. The van der Waals surface area contributed by atoms with E-state index in [1.807, 2.05) is 0 Å². The molecule has 0 spiro atoms. The molecule has 0 N–H and O–H groups in total. The molecular formula is C9H10ClFN2O. The van der Waals surface area contributed by atoms with Gasteiger partial charge in [-0.2, -0.15) is 0 Å². The van der Waals surface area contributed by atoms with Crippen molar-refractivity contribution < 1.29 is 9.18 Å². The minimum Gasteiger partial charge on any atom is -0.339 e. The molecule has 1 amide bonds. The molecule has 1 aromatic rings. The van der Waals surface area contributed by atoms with Crippen LogP contribution < -0.4 is 0 Å². The molecule has 3 nitrogen and oxygen atoms in total. The summed E-state index contributed by atoms with van der Waals surface area (Å²) in [6.45, 7) is 0.444. The third-order valence-electron chi connectivity index (χ3n) is 1.71. The highest BCUT2D eigenvalue weighted by Crippen LogP contribution is 2.01. The number of pyridine rings is 1. The normalized spacial score (nSPS) is 9.93. The lowest BCUT2D eigenvalue weighted by atomic mass is 10.3. The van der Waals surface area contributed by atoms with Crippen LogP contribution >= 0.6 is 11.6 Å². The van der Waals surface area contributed by atoms with Gasteiger partial charge >= 0.3 is 0 Å². The number of aromatic nitrogens is 1. The van der Waals surface area contributed by atoms with E-state index in [2.05, 4.69) is 4.98 Å². The first-order chi connectivity index (χ1) is 6.65. The summed E-state index contributed by atoms with van der Waals surface area (Å²) in [5, 5.41) is 0. The lowest BCUT2D eigenvalue weighted by Crippen LogP contribution is -2.29. The maximum atomic E-state index is 12.5. The summed E-state index contributed by atoms with van der Waals surface area (Å²) in [6.07, 6.45) is 1.02. The monoisotopic (exact) mass is 216 g/mol. The lowest BCUT2D eigenvalue weighted by Gasteiger charge is -2.14. The van der Waals surface area contributed by atoms with Crippen molar-refractivity contribution in [3.63, 3.8) is 0 Å². The van der Waals surface area contributed by atoms with Crippen LogP contribution in [0.4, 0.5) is 4.39 Å². The summed E-state index contributed by atoms with van der Waals surface area (Å²) in [6, 6.07) is 2.55. The van der Waals surface area contributed by atoms with Crippen LogP contribution in [0.5, 0.6) is 0 Å². The van der Waals surface area contributed by atoms with Crippen LogP contribution in [0.25, 0.3) is 0 Å². The number of rotatable bonds is 3. The van der Waals surface area contributed by atoms with E-state index < -0.39 is 5.82 Å². The molecule has 0 fully saturated rings. The molecule has 1 heterocycles.